The van der Waals surface area contributed by atoms with Gasteiger partial charge >= 0.3 is 0 Å². The lowest BCUT2D eigenvalue weighted by atomic mass is 10.1. The largest absolute Gasteiger partial charge is 0.443 e. The normalized spacial score (nSPS) is 11.1. The molecule has 0 radical (unpaired) electrons. The number of rotatable bonds is 3. The van der Waals surface area contributed by atoms with Crippen LogP contribution in [-0.2, 0) is 0 Å². The molecule has 0 spiro atoms. The van der Waals surface area contributed by atoms with Gasteiger partial charge in [-0.25, -0.2) is 4.98 Å². The standard InChI is InChI=1S/C12H12N2O2/c1-14(2)7-6-11(15)9-4-3-5-10-12(9)16-8-13-10/h3-8H,1-2H3. The van der Waals surface area contributed by atoms with Crippen molar-refractivity contribution in [2.45, 2.75) is 0 Å². The summed E-state index contributed by atoms with van der Waals surface area (Å²) in [6, 6.07) is 5.34. The molecular weight excluding hydrogens is 204 g/mol. The number of benzene rings is 1. The molecule has 0 atom stereocenters. The van der Waals surface area contributed by atoms with Crippen molar-refractivity contribution in [3.8, 4) is 0 Å². The Bertz CT molecular complexity index is 541. The summed E-state index contributed by atoms with van der Waals surface area (Å²) in [5.41, 5.74) is 1.77. The molecule has 0 bridgehead atoms. The number of allylic oxidation sites excluding steroid dienone is 1. The van der Waals surface area contributed by atoms with E-state index < -0.39 is 0 Å². The van der Waals surface area contributed by atoms with Gasteiger partial charge in [-0.3, -0.25) is 4.79 Å². The predicted molar refractivity (Wildman–Crippen MR) is 61.2 cm³/mol. The Kier molecular flexibility index (Phi) is 2.72. The third-order valence-electron chi connectivity index (χ3n) is 2.15. The van der Waals surface area contributed by atoms with Crippen molar-refractivity contribution in [1.82, 2.24) is 9.88 Å². The highest BCUT2D eigenvalue weighted by Gasteiger charge is 2.10. The summed E-state index contributed by atoms with van der Waals surface area (Å²) in [5, 5.41) is 0. The van der Waals surface area contributed by atoms with Gasteiger partial charge in [0.1, 0.15) is 5.52 Å². The van der Waals surface area contributed by atoms with Gasteiger partial charge < -0.3 is 9.32 Å². The molecule has 0 saturated heterocycles. The van der Waals surface area contributed by atoms with Gasteiger partial charge in [-0.2, -0.15) is 0 Å². The molecule has 82 valence electrons. The molecule has 2 rings (SSSR count). The predicted octanol–water partition coefficient (Wildman–Crippen LogP) is 2.09. The quantitative estimate of drug-likeness (QED) is 0.582. The number of carbonyl (C=O) groups is 1. The van der Waals surface area contributed by atoms with Crippen LogP contribution < -0.4 is 0 Å². The number of carbonyl (C=O) groups excluding carboxylic acids is 1. The molecule has 0 amide bonds. The molecule has 0 aliphatic carbocycles. The van der Waals surface area contributed by atoms with Crippen molar-refractivity contribution >= 4 is 16.9 Å². The van der Waals surface area contributed by atoms with Crippen molar-refractivity contribution < 1.29 is 9.21 Å². The fourth-order valence-corrected chi connectivity index (χ4v) is 1.39. The first-order valence-corrected chi connectivity index (χ1v) is 4.89. The van der Waals surface area contributed by atoms with Crippen LogP contribution in [-0.4, -0.2) is 29.8 Å². The lowest BCUT2D eigenvalue weighted by Gasteiger charge is -2.02. The summed E-state index contributed by atoms with van der Waals surface area (Å²) in [7, 11) is 3.72. The maximum Gasteiger partial charge on any atom is 0.191 e. The molecule has 1 aromatic carbocycles. The van der Waals surface area contributed by atoms with E-state index in [1.54, 1.807) is 23.2 Å². The van der Waals surface area contributed by atoms with Crippen LogP contribution in [0.1, 0.15) is 10.4 Å². The number of para-hydroxylation sites is 1. The molecule has 16 heavy (non-hydrogen) atoms. The van der Waals surface area contributed by atoms with Gasteiger partial charge in [0.25, 0.3) is 0 Å². The van der Waals surface area contributed by atoms with E-state index >= 15 is 0 Å². The van der Waals surface area contributed by atoms with Gasteiger partial charge in [-0.15, -0.1) is 0 Å². The third-order valence-corrected chi connectivity index (χ3v) is 2.15. The number of hydrogen-bond donors (Lipinski definition) is 0. The Morgan fingerprint density at radius 3 is 3.00 bits per heavy atom. The van der Waals surface area contributed by atoms with E-state index in [0.717, 1.165) is 0 Å². The number of hydrogen-bond acceptors (Lipinski definition) is 4. The number of fused-ring (bicyclic) bond motifs is 1. The highest BCUT2D eigenvalue weighted by atomic mass is 16.3. The highest BCUT2D eigenvalue weighted by molar-refractivity contribution is 6.11. The Balaban J connectivity index is 2.40. The summed E-state index contributed by atoms with van der Waals surface area (Å²) < 4.78 is 5.20. The molecule has 1 aromatic heterocycles. The van der Waals surface area contributed by atoms with E-state index in [1.165, 1.54) is 12.5 Å². The average Bonchev–Trinajstić information content (AvgIpc) is 2.73. The monoisotopic (exact) mass is 216 g/mol. The molecule has 4 heteroatoms. The van der Waals surface area contributed by atoms with Gasteiger partial charge in [0.15, 0.2) is 17.8 Å². The van der Waals surface area contributed by atoms with Gasteiger partial charge in [0.05, 0.1) is 5.56 Å². The molecular formula is C12H12N2O2. The van der Waals surface area contributed by atoms with Crippen molar-refractivity contribution in [2.75, 3.05) is 14.1 Å². The Morgan fingerprint density at radius 2 is 2.25 bits per heavy atom. The van der Waals surface area contributed by atoms with E-state index in [9.17, 15) is 4.79 Å². The van der Waals surface area contributed by atoms with Gasteiger partial charge in [-0.05, 0) is 12.1 Å². The Morgan fingerprint density at radius 1 is 1.44 bits per heavy atom. The van der Waals surface area contributed by atoms with E-state index in [1.807, 2.05) is 20.2 Å². The lowest BCUT2D eigenvalue weighted by molar-refractivity contribution is 0.104. The van der Waals surface area contributed by atoms with E-state index in [4.69, 9.17) is 4.42 Å². The van der Waals surface area contributed by atoms with Gasteiger partial charge in [0.2, 0.25) is 0 Å². The first-order valence-electron chi connectivity index (χ1n) is 4.89. The molecule has 2 aromatic rings. The zero-order valence-corrected chi connectivity index (χ0v) is 9.18. The van der Waals surface area contributed by atoms with Crippen LogP contribution in [0.4, 0.5) is 0 Å². The summed E-state index contributed by atoms with van der Waals surface area (Å²) >= 11 is 0. The summed E-state index contributed by atoms with van der Waals surface area (Å²) in [5.74, 6) is -0.0870. The smallest absolute Gasteiger partial charge is 0.191 e. The molecule has 0 saturated carbocycles. The molecule has 0 unspecified atom stereocenters. The van der Waals surface area contributed by atoms with Crippen molar-refractivity contribution in [1.29, 1.82) is 0 Å². The van der Waals surface area contributed by atoms with Crippen LogP contribution in [0.25, 0.3) is 11.1 Å². The second-order valence-electron chi connectivity index (χ2n) is 3.65. The highest BCUT2D eigenvalue weighted by Crippen LogP contribution is 2.18. The molecule has 1 heterocycles. The number of nitrogens with zero attached hydrogens (tertiary/aromatic N) is 2. The van der Waals surface area contributed by atoms with Crippen LogP contribution in [0.2, 0.25) is 0 Å². The Hall–Kier alpha value is -2.10. The van der Waals surface area contributed by atoms with Crippen molar-refractivity contribution in [3.63, 3.8) is 0 Å². The minimum atomic E-state index is -0.0870. The zero-order chi connectivity index (χ0) is 11.5. The lowest BCUT2D eigenvalue weighted by Crippen LogP contribution is -2.03. The summed E-state index contributed by atoms with van der Waals surface area (Å²) in [4.78, 5) is 17.7. The van der Waals surface area contributed by atoms with E-state index in [2.05, 4.69) is 4.98 Å². The van der Waals surface area contributed by atoms with Crippen LogP contribution in [0.5, 0.6) is 0 Å². The molecule has 0 aliphatic rings. The fraction of sp³-hybridized carbons (Fsp3) is 0.167. The maximum atomic E-state index is 11.9. The molecule has 0 fully saturated rings. The van der Waals surface area contributed by atoms with E-state index in [-0.39, 0.29) is 5.78 Å². The second-order valence-corrected chi connectivity index (χ2v) is 3.65. The number of oxazole rings is 1. The minimum absolute atomic E-state index is 0.0870. The maximum absolute atomic E-state index is 11.9. The van der Waals surface area contributed by atoms with Crippen LogP contribution in [0.3, 0.4) is 0 Å². The summed E-state index contributed by atoms with van der Waals surface area (Å²) in [6.45, 7) is 0. The first-order chi connectivity index (χ1) is 7.68. The van der Waals surface area contributed by atoms with Gasteiger partial charge in [-0.1, -0.05) is 6.07 Å². The fourth-order valence-electron chi connectivity index (χ4n) is 1.39. The zero-order valence-electron chi connectivity index (χ0n) is 9.18. The van der Waals surface area contributed by atoms with Crippen LogP contribution >= 0.6 is 0 Å². The first kappa shape index (κ1) is 10.4. The van der Waals surface area contributed by atoms with Crippen LogP contribution in [0.15, 0.2) is 41.3 Å². The SMILES string of the molecule is CN(C)C=CC(=O)c1cccc2ncoc12. The summed E-state index contributed by atoms with van der Waals surface area (Å²) in [6.07, 6.45) is 4.56. The Labute approximate surface area is 93.2 Å². The third kappa shape index (κ3) is 1.95. The second kappa shape index (κ2) is 4.18. The molecule has 4 nitrogen and oxygen atoms in total. The topological polar surface area (TPSA) is 46.3 Å². The molecule has 0 aliphatic heterocycles. The van der Waals surface area contributed by atoms with E-state index in [0.29, 0.717) is 16.7 Å². The average molecular weight is 216 g/mol. The number of ketones is 1. The minimum Gasteiger partial charge on any atom is -0.443 e. The van der Waals surface area contributed by atoms with Gasteiger partial charge in [0, 0.05) is 26.4 Å². The molecule has 0 N–H and O–H groups in total. The van der Waals surface area contributed by atoms with Crippen molar-refractivity contribution in [3.05, 3.63) is 42.4 Å². The van der Waals surface area contributed by atoms with Crippen LogP contribution in [0, 0.1) is 0 Å². The number of aromatic nitrogens is 1. The van der Waals surface area contributed by atoms with Crippen molar-refractivity contribution in [2.24, 2.45) is 0 Å².